The summed E-state index contributed by atoms with van der Waals surface area (Å²) in [7, 11) is 0. The largest absolute Gasteiger partial charge is 0.396 e. The molecule has 3 N–H and O–H groups in total. The van der Waals surface area contributed by atoms with Gasteiger partial charge in [-0.25, -0.2) is 9.67 Å². The summed E-state index contributed by atoms with van der Waals surface area (Å²) in [4.78, 5) is 9.38. The number of rotatable bonds is 9. The fourth-order valence-corrected chi connectivity index (χ4v) is 3.49. The number of aliphatic hydroxyl groups is 1. The van der Waals surface area contributed by atoms with Crippen LogP contribution in [0, 0.1) is 11.8 Å². The number of nitrogens with one attached hydrogen (secondary N) is 2. The summed E-state index contributed by atoms with van der Waals surface area (Å²) in [6.07, 6.45) is 4.77. The van der Waals surface area contributed by atoms with Gasteiger partial charge in [-0.05, 0) is 38.0 Å². The van der Waals surface area contributed by atoms with Crippen molar-refractivity contribution in [3.8, 4) is 0 Å². The van der Waals surface area contributed by atoms with Crippen LogP contribution in [0.3, 0.4) is 0 Å². The first-order chi connectivity index (χ1) is 12.5. The normalized spacial score (nSPS) is 18.0. The van der Waals surface area contributed by atoms with E-state index in [1.54, 1.807) is 0 Å². The van der Waals surface area contributed by atoms with Gasteiger partial charge in [0.15, 0.2) is 11.8 Å². The third kappa shape index (κ3) is 7.93. The van der Waals surface area contributed by atoms with Crippen LogP contribution >= 0.6 is 24.0 Å². The van der Waals surface area contributed by atoms with Crippen LogP contribution in [0.15, 0.2) is 4.99 Å². The molecule has 156 valence electrons. The minimum absolute atomic E-state index is 0. The van der Waals surface area contributed by atoms with Gasteiger partial charge < -0.3 is 15.7 Å². The number of fused-ring (bicyclic) bond motifs is 1. The molecule has 27 heavy (non-hydrogen) atoms. The minimum Gasteiger partial charge on any atom is -0.396 e. The molecule has 1 aromatic heterocycles. The SMILES string of the molecule is CCNC(=NCC(CCO)CC(C)C)NC1CCc2nc(CC)nn2C1.I. The Balaban J connectivity index is 0.00000364. The third-order valence-corrected chi connectivity index (χ3v) is 4.75. The van der Waals surface area contributed by atoms with Gasteiger partial charge in [-0.1, -0.05) is 20.8 Å². The molecular weight excluding hydrogens is 455 g/mol. The topological polar surface area (TPSA) is 87.4 Å². The Hall–Kier alpha value is -0.900. The molecule has 0 saturated heterocycles. The average molecular weight is 492 g/mol. The van der Waals surface area contributed by atoms with Gasteiger partial charge in [0, 0.05) is 38.6 Å². The van der Waals surface area contributed by atoms with Gasteiger partial charge in [-0.3, -0.25) is 4.99 Å². The van der Waals surface area contributed by atoms with Gasteiger partial charge in [-0.15, -0.1) is 24.0 Å². The van der Waals surface area contributed by atoms with E-state index in [1.165, 1.54) is 0 Å². The zero-order chi connectivity index (χ0) is 18.9. The Bertz CT molecular complexity index is 575. The number of nitrogens with zero attached hydrogens (tertiary/aromatic N) is 4. The van der Waals surface area contributed by atoms with Crippen molar-refractivity contribution in [2.24, 2.45) is 16.8 Å². The van der Waals surface area contributed by atoms with Crippen LogP contribution in [0.5, 0.6) is 0 Å². The lowest BCUT2D eigenvalue weighted by molar-refractivity contribution is 0.245. The molecule has 1 aliphatic rings. The Morgan fingerprint density at radius 2 is 2.15 bits per heavy atom. The van der Waals surface area contributed by atoms with Crippen molar-refractivity contribution in [2.45, 2.75) is 72.4 Å². The van der Waals surface area contributed by atoms with Crippen molar-refractivity contribution in [1.29, 1.82) is 0 Å². The fraction of sp³-hybridized carbons (Fsp3) is 0.842. The van der Waals surface area contributed by atoms with Gasteiger partial charge in [0.2, 0.25) is 0 Å². The third-order valence-electron chi connectivity index (χ3n) is 4.75. The maximum Gasteiger partial charge on any atom is 0.191 e. The molecule has 0 aliphatic carbocycles. The zero-order valence-electron chi connectivity index (χ0n) is 17.2. The average Bonchev–Trinajstić information content (AvgIpc) is 3.02. The molecule has 2 atom stereocenters. The summed E-state index contributed by atoms with van der Waals surface area (Å²) >= 11 is 0. The quantitative estimate of drug-likeness (QED) is 0.280. The summed E-state index contributed by atoms with van der Waals surface area (Å²) < 4.78 is 2.04. The molecule has 2 unspecified atom stereocenters. The lowest BCUT2D eigenvalue weighted by atomic mass is 9.94. The second kappa shape index (κ2) is 12.5. The van der Waals surface area contributed by atoms with E-state index >= 15 is 0 Å². The number of aryl methyl sites for hydroxylation is 2. The van der Waals surface area contributed by atoms with Crippen LogP contribution in [-0.4, -0.2) is 51.6 Å². The molecule has 7 nitrogen and oxygen atoms in total. The molecule has 0 aromatic carbocycles. The van der Waals surface area contributed by atoms with E-state index in [0.29, 0.717) is 17.9 Å². The van der Waals surface area contributed by atoms with E-state index in [0.717, 1.165) is 69.3 Å². The maximum absolute atomic E-state index is 9.30. The van der Waals surface area contributed by atoms with Crippen LogP contribution in [0.4, 0.5) is 0 Å². The molecule has 0 radical (unpaired) electrons. The van der Waals surface area contributed by atoms with Crippen molar-refractivity contribution < 1.29 is 5.11 Å². The van der Waals surface area contributed by atoms with Crippen molar-refractivity contribution in [2.75, 3.05) is 19.7 Å². The number of halogens is 1. The van der Waals surface area contributed by atoms with E-state index in [-0.39, 0.29) is 30.6 Å². The highest BCUT2D eigenvalue weighted by atomic mass is 127. The van der Waals surface area contributed by atoms with Gasteiger partial charge in [-0.2, -0.15) is 5.10 Å². The van der Waals surface area contributed by atoms with E-state index in [1.807, 2.05) is 4.68 Å². The number of guanidine groups is 1. The number of aromatic nitrogens is 3. The predicted octanol–water partition coefficient (Wildman–Crippen LogP) is 2.37. The lowest BCUT2D eigenvalue weighted by Crippen LogP contribution is -2.47. The molecule has 2 rings (SSSR count). The van der Waals surface area contributed by atoms with Crippen molar-refractivity contribution in [1.82, 2.24) is 25.4 Å². The molecule has 0 amide bonds. The summed E-state index contributed by atoms with van der Waals surface area (Å²) in [6, 6.07) is 0.313. The number of hydrogen-bond acceptors (Lipinski definition) is 4. The highest BCUT2D eigenvalue weighted by Gasteiger charge is 2.22. The fourth-order valence-electron chi connectivity index (χ4n) is 3.49. The zero-order valence-corrected chi connectivity index (χ0v) is 19.6. The molecular formula is C19H37IN6O. The van der Waals surface area contributed by atoms with E-state index < -0.39 is 0 Å². The van der Waals surface area contributed by atoms with Gasteiger partial charge in [0.25, 0.3) is 0 Å². The van der Waals surface area contributed by atoms with Crippen LogP contribution < -0.4 is 10.6 Å². The number of aliphatic imine (C=N–C) groups is 1. The Morgan fingerprint density at radius 3 is 2.78 bits per heavy atom. The van der Waals surface area contributed by atoms with Crippen LogP contribution in [0.2, 0.25) is 0 Å². The molecule has 1 aromatic rings. The molecule has 0 bridgehead atoms. The maximum atomic E-state index is 9.30. The van der Waals surface area contributed by atoms with Gasteiger partial charge >= 0.3 is 0 Å². The van der Waals surface area contributed by atoms with Crippen LogP contribution in [0.25, 0.3) is 0 Å². The predicted molar refractivity (Wildman–Crippen MR) is 121 cm³/mol. The number of hydrogen-bond donors (Lipinski definition) is 3. The van der Waals surface area contributed by atoms with Gasteiger partial charge in [0.1, 0.15) is 5.82 Å². The molecule has 2 heterocycles. The summed E-state index contributed by atoms with van der Waals surface area (Å²) in [5.41, 5.74) is 0. The van der Waals surface area contributed by atoms with Crippen molar-refractivity contribution in [3.05, 3.63) is 11.6 Å². The molecule has 0 spiro atoms. The Labute approximate surface area is 180 Å². The molecule has 0 fully saturated rings. The first-order valence-corrected chi connectivity index (χ1v) is 10.1. The monoisotopic (exact) mass is 492 g/mol. The Morgan fingerprint density at radius 1 is 1.37 bits per heavy atom. The second-order valence-electron chi connectivity index (χ2n) is 7.59. The second-order valence-corrected chi connectivity index (χ2v) is 7.59. The minimum atomic E-state index is 0. The summed E-state index contributed by atoms with van der Waals surface area (Å²) in [5.74, 6) is 3.94. The summed E-state index contributed by atoms with van der Waals surface area (Å²) in [6.45, 7) is 11.3. The van der Waals surface area contributed by atoms with Crippen molar-refractivity contribution >= 4 is 29.9 Å². The molecule has 0 saturated carbocycles. The van der Waals surface area contributed by atoms with E-state index in [9.17, 15) is 5.11 Å². The highest BCUT2D eigenvalue weighted by molar-refractivity contribution is 14.0. The smallest absolute Gasteiger partial charge is 0.191 e. The van der Waals surface area contributed by atoms with Crippen LogP contribution in [0.1, 0.15) is 58.6 Å². The first-order valence-electron chi connectivity index (χ1n) is 10.1. The lowest BCUT2D eigenvalue weighted by Gasteiger charge is -2.26. The molecule has 8 heteroatoms. The number of aliphatic hydroxyl groups excluding tert-OH is 1. The van der Waals surface area contributed by atoms with Gasteiger partial charge in [0.05, 0.1) is 6.54 Å². The van der Waals surface area contributed by atoms with E-state index in [4.69, 9.17) is 4.99 Å². The Kier molecular flexibility index (Phi) is 11.2. The first kappa shape index (κ1) is 24.1. The summed E-state index contributed by atoms with van der Waals surface area (Å²) in [5, 5.41) is 20.8. The highest BCUT2D eigenvalue weighted by Crippen LogP contribution is 2.16. The van der Waals surface area contributed by atoms with Crippen molar-refractivity contribution in [3.63, 3.8) is 0 Å². The standard InChI is InChI=1S/C19H36N6O.HI/c1-5-17-23-18-8-7-16(13-25(18)24-17)22-19(20-6-2)21-12-15(9-10-26)11-14(3)4;/h14-16,26H,5-13H2,1-4H3,(H2,20,21,22);1H. The van der Waals surface area contributed by atoms with Crippen LogP contribution in [-0.2, 0) is 19.4 Å². The van der Waals surface area contributed by atoms with E-state index in [2.05, 4.69) is 48.4 Å². The molecule has 1 aliphatic heterocycles.